The first-order valence-electron chi connectivity index (χ1n) is 14.0. The molecule has 4 aromatic rings. The summed E-state index contributed by atoms with van der Waals surface area (Å²) >= 11 is 0. The Hall–Kier alpha value is -4.24. The predicted octanol–water partition coefficient (Wildman–Crippen LogP) is 5.09. The van der Waals surface area contributed by atoms with E-state index in [9.17, 15) is 4.79 Å². The highest BCUT2D eigenvalue weighted by molar-refractivity contribution is 5.78. The quantitative estimate of drug-likeness (QED) is 0.273. The average Bonchev–Trinajstić information content (AvgIpc) is 3.49. The summed E-state index contributed by atoms with van der Waals surface area (Å²) in [7, 11) is 0. The number of aromatic nitrogens is 4. The van der Waals surface area contributed by atoms with Crippen molar-refractivity contribution in [1.29, 1.82) is 0 Å². The van der Waals surface area contributed by atoms with Crippen LogP contribution in [0.1, 0.15) is 44.4 Å². The van der Waals surface area contributed by atoms with E-state index in [1.165, 1.54) is 6.42 Å². The molecule has 0 radical (unpaired) electrons. The van der Waals surface area contributed by atoms with Gasteiger partial charge in [0.15, 0.2) is 12.4 Å². The molecule has 2 aliphatic rings. The lowest BCUT2D eigenvalue weighted by Crippen LogP contribution is -2.41. The number of rotatable bonds is 9. The van der Waals surface area contributed by atoms with Crippen molar-refractivity contribution in [2.75, 3.05) is 18.5 Å². The van der Waals surface area contributed by atoms with E-state index >= 15 is 0 Å². The molecule has 0 atom stereocenters. The third-order valence-corrected chi connectivity index (χ3v) is 7.73. The summed E-state index contributed by atoms with van der Waals surface area (Å²) < 4.78 is 5.82. The van der Waals surface area contributed by atoms with Crippen LogP contribution in [0, 0.1) is 0 Å². The van der Waals surface area contributed by atoms with Crippen LogP contribution in [0.2, 0.25) is 0 Å². The molecule has 0 saturated heterocycles. The van der Waals surface area contributed by atoms with Crippen molar-refractivity contribution >= 4 is 17.4 Å². The fourth-order valence-corrected chi connectivity index (χ4v) is 5.10. The van der Waals surface area contributed by atoms with E-state index in [0.717, 1.165) is 71.8 Å². The Labute approximate surface area is 234 Å². The number of fused-ring (bicyclic) bond motifs is 1. The summed E-state index contributed by atoms with van der Waals surface area (Å²) in [5, 5.41) is 13.5. The number of hydrogen-bond donors (Lipinski definition) is 3. The molecule has 9 heteroatoms. The van der Waals surface area contributed by atoms with Crippen molar-refractivity contribution in [3.8, 4) is 28.3 Å². The maximum Gasteiger partial charge on any atom is 0.258 e. The Morgan fingerprint density at radius 2 is 1.95 bits per heavy atom. The van der Waals surface area contributed by atoms with Gasteiger partial charge in [-0.15, -0.1) is 0 Å². The molecule has 2 aromatic heterocycles. The van der Waals surface area contributed by atoms with Gasteiger partial charge in [0.1, 0.15) is 11.6 Å². The Kier molecular flexibility index (Phi) is 7.46. The average molecular weight is 538 g/mol. The Bertz CT molecular complexity index is 1460. The van der Waals surface area contributed by atoms with Crippen molar-refractivity contribution < 1.29 is 9.53 Å². The van der Waals surface area contributed by atoms with Crippen LogP contribution in [0.25, 0.3) is 22.5 Å². The van der Waals surface area contributed by atoms with Crippen LogP contribution in [0.3, 0.4) is 0 Å². The third-order valence-electron chi connectivity index (χ3n) is 7.73. The number of hydrogen-bond acceptors (Lipinski definition) is 7. The number of carbonyl (C=O) groups is 1. The number of benzene rings is 2. The zero-order valence-corrected chi connectivity index (χ0v) is 23.0. The molecule has 2 aromatic carbocycles. The summed E-state index contributed by atoms with van der Waals surface area (Å²) in [5.41, 5.74) is 6.13. The number of anilines is 2. The van der Waals surface area contributed by atoms with E-state index in [1.807, 2.05) is 36.7 Å². The topological polar surface area (TPSA) is 108 Å². The minimum atomic E-state index is -0.0832. The molecule has 1 amide bonds. The molecular formula is C31H35N7O2. The normalized spacial score (nSPS) is 15.4. The summed E-state index contributed by atoms with van der Waals surface area (Å²) in [6.07, 6.45) is 7.84. The van der Waals surface area contributed by atoms with Gasteiger partial charge in [0.2, 0.25) is 0 Å². The molecule has 9 nitrogen and oxygen atoms in total. The molecule has 1 fully saturated rings. The number of ether oxygens (including phenoxy) is 1. The van der Waals surface area contributed by atoms with Gasteiger partial charge in [-0.2, -0.15) is 5.10 Å². The summed E-state index contributed by atoms with van der Waals surface area (Å²) in [4.78, 5) is 24.7. The Morgan fingerprint density at radius 3 is 2.67 bits per heavy atom. The summed E-state index contributed by atoms with van der Waals surface area (Å²) in [5.74, 6) is 1.99. The number of aromatic amines is 1. The van der Waals surface area contributed by atoms with Crippen molar-refractivity contribution in [3.63, 3.8) is 0 Å². The van der Waals surface area contributed by atoms with Gasteiger partial charge in [0.05, 0.1) is 11.9 Å². The minimum Gasteiger partial charge on any atom is -0.484 e. The zero-order valence-electron chi connectivity index (χ0n) is 23.0. The van der Waals surface area contributed by atoms with Gasteiger partial charge >= 0.3 is 0 Å². The van der Waals surface area contributed by atoms with Crippen molar-refractivity contribution in [3.05, 3.63) is 72.2 Å². The monoisotopic (exact) mass is 537 g/mol. The van der Waals surface area contributed by atoms with E-state index in [0.29, 0.717) is 23.7 Å². The molecule has 0 spiro atoms. The van der Waals surface area contributed by atoms with E-state index in [4.69, 9.17) is 14.7 Å². The van der Waals surface area contributed by atoms with Gasteiger partial charge in [0.25, 0.3) is 5.91 Å². The summed E-state index contributed by atoms with van der Waals surface area (Å²) in [6, 6.07) is 16.7. The molecule has 1 aliphatic carbocycles. The van der Waals surface area contributed by atoms with E-state index < -0.39 is 0 Å². The standard InChI is InChI=1S/C31H35N7O2/c1-20(2)38-14-13-28-27(18-38)31(35-25-11-9-21(10-12-25)23-16-32-33-17-23)37-30(36-28)22-5-3-8-26(15-22)40-19-29(39)34-24-6-4-7-24/h3,5,8-12,15-17,20,24H,4,6-7,13-14,18-19H2,1-2H3,(H,32,33)(H,34,39)(H,35,36,37). The molecule has 6 rings (SSSR count). The number of H-pyrrole nitrogens is 1. The van der Waals surface area contributed by atoms with Crippen molar-refractivity contribution in [2.24, 2.45) is 0 Å². The first kappa shape index (κ1) is 26.0. The van der Waals surface area contributed by atoms with Crippen molar-refractivity contribution in [1.82, 2.24) is 30.4 Å². The Balaban J connectivity index is 1.26. The van der Waals surface area contributed by atoms with Crippen LogP contribution < -0.4 is 15.4 Å². The van der Waals surface area contributed by atoms with Crippen LogP contribution in [-0.4, -0.2) is 56.2 Å². The van der Waals surface area contributed by atoms with Crippen LogP contribution in [0.5, 0.6) is 5.75 Å². The van der Waals surface area contributed by atoms with Gasteiger partial charge in [0, 0.05) is 60.2 Å². The molecule has 206 valence electrons. The second kappa shape index (κ2) is 11.5. The number of nitrogens with one attached hydrogen (secondary N) is 3. The molecule has 1 aliphatic heterocycles. The predicted molar refractivity (Wildman–Crippen MR) is 155 cm³/mol. The lowest BCUT2D eigenvalue weighted by Gasteiger charge is -2.32. The highest BCUT2D eigenvalue weighted by Crippen LogP contribution is 2.32. The summed E-state index contributed by atoms with van der Waals surface area (Å²) in [6.45, 7) is 6.19. The number of amides is 1. The molecule has 1 saturated carbocycles. The second-order valence-corrected chi connectivity index (χ2v) is 10.8. The highest BCUT2D eigenvalue weighted by Gasteiger charge is 2.25. The molecule has 3 N–H and O–H groups in total. The third kappa shape index (κ3) is 5.84. The fourth-order valence-electron chi connectivity index (χ4n) is 5.10. The van der Waals surface area contributed by atoms with Gasteiger partial charge in [-0.1, -0.05) is 24.3 Å². The maximum absolute atomic E-state index is 12.2. The van der Waals surface area contributed by atoms with Gasteiger partial charge < -0.3 is 15.4 Å². The molecule has 3 heterocycles. The smallest absolute Gasteiger partial charge is 0.258 e. The van der Waals surface area contributed by atoms with Gasteiger partial charge in [-0.25, -0.2) is 9.97 Å². The molecule has 0 bridgehead atoms. The van der Waals surface area contributed by atoms with E-state index in [-0.39, 0.29) is 12.5 Å². The molecule has 0 unspecified atom stereocenters. The SMILES string of the molecule is CC(C)N1CCc2nc(-c3cccc(OCC(=O)NC4CCC4)c3)nc(Nc3ccc(-c4cn[nH]c4)cc3)c2C1. The van der Waals surface area contributed by atoms with Crippen LogP contribution in [0.4, 0.5) is 11.5 Å². The van der Waals surface area contributed by atoms with Crippen LogP contribution >= 0.6 is 0 Å². The highest BCUT2D eigenvalue weighted by atomic mass is 16.5. The van der Waals surface area contributed by atoms with E-state index in [2.05, 4.69) is 63.8 Å². The second-order valence-electron chi connectivity index (χ2n) is 10.8. The van der Waals surface area contributed by atoms with E-state index in [1.54, 1.807) is 0 Å². The first-order valence-corrected chi connectivity index (χ1v) is 14.0. The fraction of sp³-hybridized carbons (Fsp3) is 0.355. The largest absolute Gasteiger partial charge is 0.484 e. The molecule has 40 heavy (non-hydrogen) atoms. The lowest BCUT2D eigenvalue weighted by atomic mass is 9.93. The van der Waals surface area contributed by atoms with Crippen molar-refractivity contribution in [2.45, 2.75) is 58.2 Å². The van der Waals surface area contributed by atoms with Crippen LogP contribution in [-0.2, 0) is 17.8 Å². The Morgan fingerprint density at radius 1 is 1.10 bits per heavy atom. The van der Waals surface area contributed by atoms with Gasteiger partial charge in [-0.05, 0) is 62.9 Å². The van der Waals surface area contributed by atoms with Crippen LogP contribution in [0.15, 0.2) is 60.9 Å². The maximum atomic E-state index is 12.2. The zero-order chi connectivity index (χ0) is 27.5. The van der Waals surface area contributed by atoms with Gasteiger partial charge in [-0.3, -0.25) is 14.8 Å². The number of nitrogens with zero attached hydrogens (tertiary/aromatic N) is 4. The lowest BCUT2D eigenvalue weighted by molar-refractivity contribution is -0.124. The first-order chi connectivity index (χ1) is 19.5. The minimum absolute atomic E-state index is 0.00233. The number of carbonyl (C=O) groups excluding carboxylic acids is 1. The molecular weight excluding hydrogens is 502 g/mol.